The minimum absolute atomic E-state index is 0.00262. The van der Waals surface area contributed by atoms with Crippen molar-refractivity contribution in [2.75, 3.05) is 0 Å². The quantitative estimate of drug-likeness (QED) is 0.309. The Labute approximate surface area is 200 Å². The second-order valence-electron chi connectivity index (χ2n) is 8.42. The zero-order valence-electron chi connectivity index (χ0n) is 19.3. The van der Waals surface area contributed by atoms with Crippen molar-refractivity contribution in [1.29, 1.82) is 0 Å². The van der Waals surface area contributed by atoms with Crippen LogP contribution in [0.4, 0.5) is 0 Å². The Morgan fingerprint density at radius 2 is 1.37 bits per heavy atom. The van der Waals surface area contributed by atoms with Gasteiger partial charge in [0.25, 0.3) is 0 Å². The molecule has 0 saturated heterocycles. The fourth-order valence-electron chi connectivity index (χ4n) is 3.73. The molecule has 186 valence electrons. The molecule has 2 atom stereocenters. The third-order valence-electron chi connectivity index (χ3n) is 5.68. The Bertz CT molecular complexity index is 1110. The van der Waals surface area contributed by atoms with E-state index >= 15 is 0 Å². The summed E-state index contributed by atoms with van der Waals surface area (Å²) >= 11 is 0. The number of hydrogen-bond donors (Lipinski definition) is 0. The van der Waals surface area contributed by atoms with Crippen molar-refractivity contribution >= 4 is 35.6 Å². The van der Waals surface area contributed by atoms with E-state index < -0.39 is 0 Å². The average molecular weight is 486 g/mol. The third kappa shape index (κ3) is 7.59. The molecule has 2 saturated carbocycles. The van der Waals surface area contributed by atoms with Crippen LogP contribution in [0.15, 0.2) is 33.1 Å². The van der Waals surface area contributed by atoms with Gasteiger partial charge < -0.3 is 18.3 Å². The average Bonchev–Trinajstić information content (AvgIpc) is 3.63. The predicted molar refractivity (Wildman–Crippen MR) is 117 cm³/mol. The minimum atomic E-state index is -0.375. The molecule has 2 aromatic rings. The van der Waals surface area contributed by atoms with Crippen LogP contribution >= 0.6 is 0 Å². The second-order valence-corrected chi connectivity index (χ2v) is 8.42. The summed E-state index contributed by atoms with van der Waals surface area (Å²) in [6.45, 7) is 1.40. The topological polar surface area (TPSA) is 147 Å². The minimum Gasteiger partial charge on any atom is -0.457 e. The molecule has 0 spiro atoms. The highest BCUT2D eigenvalue weighted by Gasteiger charge is 2.30. The van der Waals surface area contributed by atoms with Gasteiger partial charge >= 0.3 is 11.9 Å². The van der Waals surface area contributed by atoms with E-state index in [9.17, 15) is 28.8 Å². The molecular formula is C25H26O10. The fourth-order valence-corrected chi connectivity index (χ4v) is 3.73. The van der Waals surface area contributed by atoms with Gasteiger partial charge in [0, 0.05) is 32.6 Å². The standard InChI is InChI=1S/C13H14O5.C12H12O5/c1-8(14)12-5-4-11(18-12)7-17-13(16)9-2-3-10(15)6-9;13-6-10-3-4-11(17-10)7-16-12(15)8-1-2-9(14)5-8/h4-5,9H,2-3,6-7H2,1H3;3-4,6,8H,1-2,5,7H2/t9-;8-/m10/s1. The van der Waals surface area contributed by atoms with Crippen LogP contribution in [0.2, 0.25) is 0 Å². The molecule has 2 heterocycles. The van der Waals surface area contributed by atoms with Crippen molar-refractivity contribution in [1.82, 2.24) is 0 Å². The first-order valence-corrected chi connectivity index (χ1v) is 11.3. The SMILES string of the molecule is CC(=O)c1ccc(COC(=O)[C@@H]2CCC(=O)C2)o1.O=Cc1ccc(COC(=O)[C@H]2CCC(=O)C2)o1. The van der Waals surface area contributed by atoms with E-state index in [1.54, 1.807) is 18.2 Å². The number of esters is 2. The summed E-state index contributed by atoms with van der Waals surface area (Å²) in [5.74, 6) is -0.0490. The lowest BCUT2D eigenvalue weighted by Crippen LogP contribution is -2.14. The predicted octanol–water partition coefficient (Wildman–Crippen LogP) is 3.40. The molecule has 35 heavy (non-hydrogen) atoms. The van der Waals surface area contributed by atoms with Gasteiger partial charge in [-0.05, 0) is 37.1 Å². The zero-order valence-corrected chi connectivity index (χ0v) is 19.3. The molecule has 10 heteroatoms. The molecule has 2 aliphatic rings. The highest BCUT2D eigenvalue weighted by Crippen LogP contribution is 2.24. The van der Waals surface area contributed by atoms with E-state index in [0.29, 0.717) is 43.5 Å². The van der Waals surface area contributed by atoms with Crippen LogP contribution < -0.4 is 0 Å². The fraction of sp³-hybridized carbons (Fsp3) is 0.440. The summed E-state index contributed by atoms with van der Waals surface area (Å²) in [6, 6.07) is 6.24. The number of carbonyl (C=O) groups is 6. The van der Waals surface area contributed by atoms with Gasteiger partial charge in [-0.2, -0.15) is 0 Å². The highest BCUT2D eigenvalue weighted by molar-refractivity contribution is 5.91. The molecule has 10 nitrogen and oxygen atoms in total. The van der Waals surface area contributed by atoms with Crippen LogP contribution in [0.1, 0.15) is 78.1 Å². The Morgan fingerprint density at radius 3 is 1.77 bits per heavy atom. The van der Waals surface area contributed by atoms with Crippen molar-refractivity contribution < 1.29 is 47.1 Å². The Hall–Kier alpha value is -3.82. The van der Waals surface area contributed by atoms with Gasteiger partial charge in [0.2, 0.25) is 0 Å². The number of ether oxygens (including phenoxy) is 2. The van der Waals surface area contributed by atoms with Crippen molar-refractivity contribution in [3.63, 3.8) is 0 Å². The highest BCUT2D eigenvalue weighted by atomic mass is 16.5. The molecular weight excluding hydrogens is 460 g/mol. The van der Waals surface area contributed by atoms with Crippen molar-refractivity contribution in [3.8, 4) is 0 Å². The summed E-state index contributed by atoms with van der Waals surface area (Å²) in [5, 5.41) is 0. The molecule has 0 aromatic carbocycles. The summed E-state index contributed by atoms with van der Waals surface area (Å²) in [4.78, 5) is 66.6. The molecule has 0 radical (unpaired) electrons. The number of aldehydes is 1. The zero-order chi connectivity index (χ0) is 25.4. The molecule has 0 N–H and O–H groups in total. The first-order valence-electron chi connectivity index (χ1n) is 11.3. The van der Waals surface area contributed by atoms with Crippen LogP contribution in [-0.4, -0.2) is 35.6 Å². The van der Waals surface area contributed by atoms with Gasteiger partial charge in [-0.25, -0.2) is 0 Å². The molecule has 0 unspecified atom stereocenters. The maximum atomic E-state index is 11.6. The molecule has 2 aromatic heterocycles. The maximum absolute atomic E-state index is 11.6. The Balaban J connectivity index is 0.000000196. The van der Waals surface area contributed by atoms with Crippen molar-refractivity contribution in [2.24, 2.45) is 11.8 Å². The molecule has 4 rings (SSSR count). The van der Waals surface area contributed by atoms with Gasteiger partial charge in [0.05, 0.1) is 11.8 Å². The van der Waals surface area contributed by atoms with Crippen molar-refractivity contribution in [2.45, 2.75) is 58.7 Å². The number of furan rings is 2. The molecule has 2 aliphatic carbocycles. The van der Waals surface area contributed by atoms with E-state index in [1.165, 1.54) is 13.0 Å². The van der Waals surface area contributed by atoms with Crippen molar-refractivity contribution in [3.05, 3.63) is 47.3 Å². The van der Waals surface area contributed by atoms with Crippen LogP contribution in [0.25, 0.3) is 0 Å². The van der Waals surface area contributed by atoms with E-state index in [-0.39, 0.29) is 78.7 Å². The first-order chi connectivity index (χ1) is 16.7. The van der Waals surface area contributed by atoms with Gasteiger partial charge in [0.1, 0.15) is 36.3 Å². The summed E-state index contributed by atoms with van der Waals surface area (Å²) in [7, 11) is 0. The third-order valence-corrected chi connectivity index (χ3v) is 5.68. The number of hydrogen-bond acceptors (Lipinski definition) is 10. The van der Waals surface area contributed by atoms with Crippen LogP contribution in [0.3, 0.4) is 0 Å². The van der Waals surface area contributed by atoms with Crippen LogP contribution in [0, 0.1) is 11.8 Å². The number of Topliss-reactive ketones (excluding diaryl/α,β-unsaturated/α-hetero) is 3. The number of carbonyl (C=O) groups excluding carboxylic acids is 6. The van der Waals surface area contributed by atoms with Gasteiger partial charge in [-0.1, -0.05) is 0 Å². The lowest BCUT2D eigenvalue weighted by atomic mass is 10.1. The lowest BCUT2D eigenvalue weighted by molar-refractivity contribution is -0.151. The largest absolute Gasteiger partial charge is 0.457 e. The summed E-state index contributed by atoms with van der Waals surface area (Å²) in [5.41, 5.74) is 0. The number of rotatable bonds is 8. The van der Waals surface area contributed by atoms with Crippen LogP contribution in [-0.2, 0) is 41.9 Å². The molecule has 0 aliphatic heterocycles. The maximum Gasteiger partial charge on any atom is 0.309 e. The second kappa shape index (κ2) is 12.0. The monoisotopic (exact) mass is 486 g/mol. The molecule has 2 fully saturated rings. The van der Waals surface area contributed by atoms with Gasteiger partial charge in [-0.15, -0.1) is 0 Å². The van der Waals surface area contributed by atoms with Gasteiger partial charge in [-0.3, -0.25) is 28.8 Å². The smallest absolute Gasteiger partial charge is 0.309 e. The lowest BCUT2D eigenvalue weighted by Gasteiger charge is -2.07. The first kappa shape index (κ1) is 25.8. The summed E-state index contributed by atoms with van der Waals surface area (Å²) < 4.78 is 20.3. The summed E-state index contributed by atoms with van der Waals surface area (Å²) in [6.07, 6.45) is 3.17. The van der Waals surface area contributed by atoms with E-state index in [2.05, 4.69) is 0 Å². The van der Waals surface area contributed by atoms with E-state index in [1.807, 2.05) is 0 Å². The van der Waals surface area contributed by atoms with E-state index in [0.717, 1.165) is 0 Å². The number of ketones is 3. The normalized spacial score (nSPS) is 19.1. The molecule has 0 bridgehead atoms. The Kier molecular flexibility index (Phi) is 8.88. The molecule has 0 amide bonds. The Morgan fingerprint density at radius 1 is 0.857 bits per heavy atom. The van der Waals surface area contributed by atoms with E-state index in [4.69, 9.17) is 18.3 Å². The van der Waals surface area contributed by atoms with Crippen LogP contribution in [0.5, 0.6) is 0 Å². The van der Waals surface area contributed by atoms with Gasteiger partial charge in [0.15, 0.2) is 23.6 Å².